The van der Waals surface area contributed by atoms with Crippen LogP contribution in [-0.2, 0) is 22.4 Å². The average Bonchev–Trinajstić information content (AvgIpc) is 2.88. The molecular formula is C30H41N3O3. The second-order valence-corrected chi connectivity index (χ2v) is 10.4. The molecule has 4 rings (SSSR count). The Bertz CT molecular complexity index is 1060. The maximum absolute atomic E-state index is 12.9. The predicted octanol–water partition coefficient (Wildman–Crippen LogP) is 5.38. The van der Waals surface area contributed by atoms with Crippen LogP contribution in [0.1, 0.15) is 84.6 Å². The van der Waals surface area contributed by atoms with Gasteiger partial charge in [-0.15, -0.1) is 0 Å². The largest absolute Gasteiger partial charge is 0.385 e. The number of nitrogens with zero attached hydrogens (tertiary/aromatic N) is 1. The van der Waals surface area contributed by atoms with Crippen molar-refractivity contribution in [2.45, 2.75) is 64.8 Å². The molecule has 0 bridgehead atoms. The third-order valence-corrected chi connectivity index (χ3v) is 7.37. The van der Waals surface area contributed by atoms with Crippen molar-refractivity contribution >= 4 is 23.4 Å². The van der Waals surface area contributed by atoms with Gasteiger partial charge in [-0.3, -0.25) is 14.5 Å². The maximum atomic E-state index is 12.9. The van der Waals surface area contributed by atoms with Crippen LogP contribution in [0.2, 0.25) is 0 Å². The van der Waals surface area contributed by atoms with Gasteiger partial charge < -0.3 is 15.4 Å². The van der Waals surface area contributed by atoms with Crippen molar-refractivity contribution in [1.29, 1.82) is 0 Å². The fraction of sp³-hybridized carbons (Fsp3) is 0.533. The van der Waals surface area contributed by atoms with E-state index in [1.54, 1.807) is 0 Å². The van der Waals surface area contributed by atoms with Crippen LogP contribution in [-0.4, -0.2) is 56.4 Å². The molecule has 0 amide bonds. The molecule has 0 radical (unpaired) electrons. The van der Waals surface area contributed by atoms with E-state index in [2.05, 4.69) is 54.5 Å². The second kappa shape index (κ2) is 12.5. The van der Waals surface area contributed by atoms with Gasteiger partial charge in [0.2, 0.25) is 0 Å². The van der Waals surface area contributed by atoms with Crippen LogP contribution in [0.15, 0.2) is 30.3 Å². The van der Waals surface area contributed by atoms with Crippen LogP contribution in [0.4, 0.5) is 11.4 Å². The molecule has 2 N–H and O–H groups in total. The van der Waals surface area contributed by atoms with Crippen LogP contribution in [0.25, 0.3) is 0 Å². The number of nitrogens with one attached hydrogen (secondary N) is 2. The topological polar surface area (TPSA) is 70.7 Å². The highest BCUT2D eigenvalue weighted by Crippen LogP contribution is 2.37. The Labute approximate surface area is 215 Å². The Hall–Kier alpha value is -2.70. The summed E-state index contributed by atoms with van der Waals surface area (Å²) in [4.78, 5) is 26.8. The second-order valence-electron chi connectivity index (χ2n) is 10.4. The van der Waals surface area contributed by atoms with E-state index in [1.807, 2.05) is 12.1 Å². The highest BCUT2D eigenvalue weighted by molar-refractivity contribution is 5.83. The number of hydrogen-bond donors (Lipinski definition) is 2. The van der Waals surface area contributed by atoms with Crippen LogP contribution in [0.5, 0.6) is 0 Å². The molecule has 6 nitrogen and oxygen atoms in total. The van der Waals surface area contributed by atoms with Gasteiger partial charge >= 0.3 is 0 Å². The highest BCUT2D eigenvalue weighted by Gasteiger charge is 2.23. The lowest BCUT2D eigenvalue weighted by Gasteiger charge is -2.29. The Morgan fingerprint density at radius 3 is 2.69 bits per heavy atom. The molecule has 0 spiro atoms. The van der Waals surface area contributed by atoms with Crippen LogP contribution in [0, 0.1) is 0 Å². The van der Waals surface area contributed by atoms with Crippen molar-refractivity contribution in [2.24, 2.45) is 0 Å². The van der Waals surface area contributed by atoms with E-state index in [0.29, 0.717) is 24.3 Å². The molecule has 1 fully saturated rings. The van der Waals surface area contributed by atoms with Crippen LogP contribution >= 0.6 is 0 Å². The third kappa shape index (κ3) is 6.74. The summed E-state index contributed by atoms with van der Waals surface area (Å²) in [5.41, 5.74) is 7.66. The molecule has 1 aliphatic heterocycles. The van der Waals surface area contributed by atoms with Crippen molar-refractivity contribution < 1.29 is 14.3 Å². The Morgan fingerprint density at radius 2 is 1.97 bits per heavy atom. The zero-order valence-electron chi connectivity index (χ0n) is 22.1. The number of carbonyl (C=O) groups is 2. The molecule has 1 aliphatic carbocycles. The molecule has 1 heterocycles. The lowest BCUT2D eigenvalue weighted by Crippen LogP contribution is -2.37. The quantitative estimate of drug-likeness (QED) is 0.412. The molecule has 1 atom stereocenters. The van der Waals surface area contributed by atoms with E-state index in [1.165, 1.54) is 11.1 Å². The van der Waals surface area contributed by atoms with Gasteiger partial charge in [-0.2, -0.15) is 0 Å². The van der Waals surface area contributed by atoms with Gasteiger partial charge in [0.15, 0.2) is 0 Å². The van der Waals surface area contributed by atoms with Crippen LogP contribution in [0.3, 0.4) is 0 Å². The van der Waals surface area contributed by atoms with E-state index >= 15 is 0 Å². The summed E-state index contributed by atoms with van der Waals surface area (Å²) in [6.07, 6.45) is 5.14. The summed E-state index contributed by atoms with van der Waals surface area (Å²) in [6, 6.07) is 10.8. The van der Waals surface area contributed by atoms with Crippen molar-refractivity contribution in [2.75, 3.05) is 50.0 Å². The molecule has 2 aromatic rings. The standard InChI is InChI=1S/C30H41N3O3/c1-4-31-30-19-28-23(16-25(30)18-27(35)8-9-33-10-12-36-13-11-33)6-5-7-29(28)32-26-15-22(20-34)14-24(17-26)21(2)3/h14-17,19-21,29,31-32H,4-13,18H2,1-3H3. The number of aryl methyl sites for hydroxylation is 1. The number of hydrogen-bond acceptors (Lipinski definition) is 6. The normalized spacial score (nSPS) is 18.1. The zero-order chi connectivity index (χ0) is 25.5. The van der Waals surface area contributed by atoms with Gasteiger partial charge in [0.25, 0.3) is 0 Å². The van der Waals surface area contributed by atoms with E-state index in [0.717, 1.165) is 87.4 Å². The number of benzene rings is 2. The maximum Gasteiger partial charge on any atom is 0.150 e. The number of ether oxygens (including phenoxy) is 1. The van der Waals surface area contributed by atoms with E-state index in [-0.39, 0.29) is 11.8 Å². The van der Waals surface area contributed by atoms with Gasteiger partial charge in [0.05, 0.1) is 19.3 Å². The van der Waals surface area contributed by atoms with Crippen LogP contribution < -0.4 is 10.6 Å². The Kier molecular flexibility index (Phi) is 9.16. The summed E-state index contributed by atoms with van der Waals surface area (Å²) >= 11 is 0. The summed E-state index contributed by atoms with van der Waals surface area (Å²) in [7, 11) is 0. The minimum atomic E-state index is 0.180. The van der Waals surface area contributed by atoms with E-state index in [4.69, 9.17) is 4.74 Å². The molecule has 1 saturated heterocycles. The number of carbonyl (C=O) groups excluding carboxylic acids is 2. The number of anilines is 2. The van der Waals surface area contributed by atoms with Crippen molar-refractivity contribution in [1.82, 2.24) is 4.90 Å². The van der Waals surface area contributed by atoms with Gasteiger partial charge in [-0.05, 0) is 78.6 Å². The SMILES string of the molecule is CCNc1cc2c(cc1CC(=O)CCN1CCOCC1)CCCC2Nc1cc(C=O)cc(C(C)C)c1. The Balaban J connectivity index is 1.52. The van der Waals surface area contributed by atoms with Gasteiger partial charge in [-0.1, -0.05) is 19.9 Å². The number of fused-ring (bicyclic) bond motifs is 1. The minimum Gasteiger partial charge on any atom is -0.385 e. The number of Topliss-reactive ketones (excluding diaryl/α,β-unsaturated/α-hetero) is 1. The van der Waals surface area contributed by atoms with E-state index in [9.17, 15) is 9.59 Å². The molecule has 2 aromatic carbocycles. The summed E-state index contributed by atoms with van der Waals surface area (Å²) in [5, 5.41) is 7.23. The fourth-order valence-corrected chi connectivity index (χ4v) is 5.33. The molecule has 6 heteroatoms. The summed E-state index contributed by atoms with van der Waals surface area (Å²) in [6.45, 7) is 11.4. The number of morpholine rings is 1. The zero-order valence-corrected chi connectivity index (χ0v) is 22.1. The van der Waals surface area contributed by atoms with Gasteiger partial charge in [0.1, 0.15) is 12.1 Å². The Morgan fingerprint density at radius 1 is 1.17 bits per heavy atom. The number of ketones is 1. The van der Waals surface area contributed by atoms with Crippen molar-refractivity contribution in [3.05, 3.63) is 58.1 Å². The monoisotopic (exact) mass is 491 g/mol. The molecule has 0 aromatic heterocycles. The lowest BCUT2D eigenvalue weighted by molar-refractivity contribution is -0.119. The third-order valence-electron chi connectivity index (χ3n) is 7.37. The molecule has 194 valence electrons. The van der Waals surface area contributed by atoms with Crippen molar-refractivity contribution in [3.8, 4) is 0 Å². The molecule has 2 aliphatic rings. The molecule has 1 unspecified atom stereocenters. The number of rotatable bonds is 11. The smallest absolute Gasteiger partial charge is 0.150 e. The first-order chi connectivity index (χ1) is 17.5. The first-order valence-electron chi connectivity index (χ1n) is 13.5. The molecular weight excluding hydrogens is 450 g/mol. The summed E-state index contributed by atoms with van der Waals surface area (Å²) < 4.78 is 5.42. The molecule has 0 saturated carbocycles. The summed E-state index contributed by atoms with van der Waals surface area (Å²) in [5.74, 6) is 0.644. The minimum absolute atomic E-state index is 0.180. The van der Waals surface area contributed by atoms with Crippen molar-refractivity contribution in [3.63, 3.8) is 0 Å². The predicted molar refractivity (Wildman–Crippen MR) is 146 cm³/mol. The first-order valence-corrected chi connectivity index (χ1v) is 13.5. The fourth-order valence-electron chi connectivity index (χ4n) is 5.33. The first kappa shape index (κ1) is 26.4. The average molecular weight is 492 g/mol. The number of aldehydes is 1. The van der Waals surface area contributed by atoms with E-state index < -0.39 is 0 Å². The lowest BCUT2D eigenvalue weighted by atomic mass is 9.84. The van der Waals surface area contributed by atoms with Gasteiger partial charge in [0, 0.05) is 56.0 Å². The molecule has 36 heavy (non-hydrogen) atoms. The highest BCUT2D eigenvalue weighted by atomic mass is 16.5. The van der Waals surface area contributed by atoms with Gasteiger partial charge in [-0.25, -0.2) is 0 Å².